The summed E-state index contributed by atoms with van der Waals surface area (Å²) in [5, 5.41) is 8.49. The lowest BCUT2D eigenvalue weighted by molar-refractivity contribution is 0.100. The van der Waals surface area contributed by atoms with Crippen LogP contribution in [0.2, 0.25) is 0 Å². The molecule has 0 spiro atoms. The normalized spacial score (nSPS) is 11.1. The second-order valence-corrected chi connectivity index (χ2v) is 4.66. The van der Waals surface area contributed by atoms with E-state index in [0.29, 0.717) is 5.69 Å². The van der Waals surface area contributed by atoms with Crippen LogP contribution in [-0.2, 0) is 10.2 Å². The molecule has 0 unspecified atom stereocenters. The Balaban J connectivity index is 2.72. The van der Waals surface area contributed by atoms with Crippen molar-refractivity contribution in [3.05, 3.63) is 29.8 Å². The summed E-state index contributed by atoms with van der Waals surface area (Å²) in [4.78, 5) is 10.8. The molecule has 0 bridgehead atoms. The zero-order valence-corrected chi connectivity index (χ0v) is 9.70. The number of aliphatic hydroxyl groups excluding tert-OH is 1. The quantitative estimate of drug-likeness (QED) is 0.524. The number of nitrogens with one attached hydrogen (secondary N) is 2. The summed E-state index contributed by atoms with van der Waals surface area (Å²) in [6, 6.07) is 5.65. The van der Waals surface area contributed by atoms with Crippen LogP contribution >= 0.6 is 0 Å². The van der Waals surface area contributed by atoms with Gasteiger partial charge in [-0.1, -0.05) is 0 Å². The van der Waals surface area contributed by atoms with Gasteiger partial charge in [0, 0.05) is 17.8 Å². The van der Waals surface area contributed by atoms with Gasteiger partial charge in [-0.25, -0.2) is 0 Å². The minimum Gasteiger partial charge on any atom is -0.395 e. The molecule has 0 aliphatic heterocycles. The molecule has 0 aliphatic carbocycles. The maximum Gasteiger partial charge on any atom is 0.299 e. The van der Waals surface area contributed by atoms with E-state index in [4.69, 9.17) is 10.8 Å². The minimum absolute atomic E-state index is 0.0747. The fourth-order valence-corrected chi connectivity index (χ4v) is 1.95. The van der Waals surface area contributed by atoms with Gasteiger partial charge in [0.25, 0.3) is 10.2 Å². The average Bonchev–Trinajstić information content (AvgIpc) is 2.26. The lowest BCUT2D eigenvalue weighted by Gasteiger charge is -2.08. The highest BCUT2D eigenvalue weighted by atomic mass is 32.2. The highest BCUT2D eigenvalue weighted by Gasteiger charge is 2.08. The minimum atomic E-state index is -3.71. The first-order valence-electron chi connectivity index (χ1n) is 4.73. The van der Waals surface area contributed by atoms with Gasteiger partial charge >= 0.3 is 0 Å². The molecule has 94 valence electrons. The van der Waals surface area contributed by atoms with Crippen molar-refractivity contribution >= 4 is 21.8 Å². The summed E-state index contributed by atoms with van der Waals surface area (Å²) in [6.45, 7) is -0.365. The molecular formula is C9H13N3O4S. The third-order valence-corrected chi connectivity index (χ3v) is 2.91. The number of carbonyl (C=O) groups is 1. The molecule has 7 nitrogen and oxygen atoms in total. The molecule has 0 atom stereocenters. The SMILES string of the molecule is NC(=O)c1ccc(NS(=O)(=O)NCCO)cc1. The van der Waals surface area contributed by atoms with E-state index in [-0.39, 0.29) is 18.7 Å². The summed E-state index contributed by atoms with van der Waals surface area (Å²) in [5.41, 5.74) is 5.62. The van der Waals surface area contributed by atoms with Gasteiger partial charge in [0.1, 0.15) is 0 Å². The summed E-state index contributed by atoms with van der Waals surface area (Å²) in [6.07, 6.45) is 0. The highest BCUT2D eigenvalue weighted by molar-refractivity contribution is 7.90. The van der Waals surface area contributed by atoms with Crippen molar-refractivity contribution < 1.29 is 18.3 Å². The van der Waals surface area contributed by atoms with Crippen LogP contribution < -0.4 is 15.2 Å². The predicted molar refractivity (Wildman–Crippen MR) is 62.6 cm³/mol. The van der Waals surface area contributed by atoms with E-state index in [2.05, 4.69) is 9.44 Å². The number of rotatable bonds is 6. The molecular weight excluding hydrogens is 246 g/mol. The first-order chi connectivity index (χ1) is 7.94. The standard InChI is InChI=1S/C9H13N3O4S/c10-9(14)7-1-3-8(4-2-7)12-17(15,16)11-5-6-13/h1-4,11-13H,5-6H2,(H2,10,14). The Kier molecular flexibility index (Phi) is 4.44. The monoisotopic (exact) mass is 259 g/mol. The van der Waals surface area contributed by atoms with E-state index < -0.39 is 16.1 Å². The van der Waals surface area contributed by atoms with E-state index in [9.17, 15) is 13.2 Å². The van der Waals surface area contributed by atoms with Crippen molar-refractivity contribution in [2.24, 2.45) is 5.73 Å². The Morgan fingerprint density at radius 2 is 1.88 bits per heavy atom. The van der Waals surface area contributed by atoms with Crippen LogP contribution in [0.3, 0.4) is 0 Å². The maximum atomic E-state index is 11.4. The van der Waals surface area contributed by atoms with E-state index in [1.165, 1.54) is 24.3 Å². The Bertz CT molecular complexity index is 483. The second kappa shape index (κ2) is 5.62. The largest absolute Gasteiger partial charge is 0.395 e. The number of aliphatic hydroxyl groups is 1. The Morgan fingerprint density at radius 3 is 2.35 bits per heavy atom. The number of hydrogen-bond donors (Lipinski definition) is 4. The van der Waals surface area contributed by atoms with Gasteiger partial charge in [0.15, 0.2) is 0 Å². The van der Waals surface area contributed by atoms with Crippen LogP contribution in [0.1, 0.15) is 10.4 Å². The van der Waals surface area contributed by atoms with Gasteiger partial charge in [-0.15, -0.1) is 0 Å². The van der Waals surface area contributed by atoms with E-state index >= 15 is 0 Å². The fourth-order valence-electron chi connectivity index (χ4n) is 1.07. The van der Waals surface area contributed by atoms with E-state index in [1.807, 2.05) is 0 Å². The lowest BCUT2D eigenvalue weighted by atomic mass is 10.2. The van der Waals surface area contributed by atoms with Gasteiger partial charge in [0.05, 0.1) is 6.61 Å². The number of hydrogen-bond acceptors (Lipinski definition) is 4. The number of benzene rings is 1. The van der Waals surface area contributed by atoms with Crippen LogP contribution in [0.5, 0.6) is 0 Å². The number of anilines is 1. The lowest BCUT2D eigenvalue weighted by Crippen LogP contribution is -2.32. The molecule has 0 aliphatic rings. The molecule has 0 saturated heterocycles. The first kappa shape index (κ1) is 13.4. The second-order valence-electron chi connectivity index (χ2n) is 3.17. The molecule has 0 aromatic heterocycles. The molecule has 8 heteroatoms. The van der Waals surface area contributed by atoms with Crippen molar-refractivity contribution in [3.8, 4) is 0 Å². The molecule has 17 heavy (non-hydrogen) atoms. The number of primary amides is 1. The molecule has 1 aromatic carbocycles. The number of carbonyl (C=O) groups excluding carboxylic acids is 1. The van der Waals surface area contributed by atoms with Crippen molar-refractivity contribution in [3.63, 3.8) is 0 Å². The van der Waals surface area contributed by atoms with Crippen LogP contribution in [0.25, 0.3) is 0 Å². The van der Waals surface area contributed by atoms with E-state index in [1.54, 1.807) is 0 Å². The molecule has 1 rings (SSSR count). The molecule has 0 fully saturated rings. The van der Waals surface area contributed by atoms with Crippen molar-refractivity contribution in [1.29, 1.82) is 0 Å². The van der Waals surface area contributed by atoms with Crippen molar-refractivity contribution in [1.82, 2.24) is 4.72 Å². The molecule has 0 heterocycles. The van der Waals surface area contributed by atoms with Gasteiger partial charge in [-0.05, 0) is 24.3 Å². The molecule has 1 aromatic rings. The third-order valence-electron chi connectivity index (χ3n) is 1.83. The van der Waals surface area contributed by atoms with Crippen molar-refractivity contribution in [2.45, 2.75) is 0 Å². The topological polar surface area (TPSA) is 122 Å². The number of amides is 1. The van der Waals surface area contributed by atoms with Gasteiger partial charge in [-0.3, -0.25) is 9.52 Å². The van der Waals surface area contributed by atoms with E-state index in [0.717, 1.165) is 0 Å². The molecule has 1 amide bonds. The van der Waals surface area contributed by atoms with Crippen LogP contribution in [0.15, 0.2) is 24.3 Å². The summed E-state index contributed by atoms with van der Waals surface area (Å²) in [7, 11) is -3.71. The molecule has 0 saturated carbocycles. The van der Waals surface area contributed by atoms with Crippen LogP contribution in [0, 0.1) is 0 Å². The Labute approximate surface area is 98.8 Å². The zero-order valence-electron chi connectivity index (χ0n) is 8.88. The highest BCUT2D eigenvalue weighted by Crippen LogP contribution is 2.10. The average molecular weight is 259 g/mol. The fraction of sp³-hybridized carbons (Fsp3) is 0.222. The number of nitrogens with two attached hydrogens (primary N) is 1. The summed E-state index contributed by atoms with van der Waals surface area (Å²) in [5.74, 6) is -0.585. The first-order valence-corrected chi connectivity index (χ1v) is 6.21. The smallest absolute Gasteiger partial charge is 0.299 e. The Hall–Kier alpha value is -1.64. The van der Waals surface area contributed by atoms with Crippen LogP contribution in [0.4, 0.5) is 5.69 Å². The maximum absolute atomic E-state index is 11.4. The summed E-state index contributed by atoms with van der Waals surface area (Å²) >= 11 is 0. The van der Waals surface area contributed by atoms with Crippen molar-refractivity contribution in [2.75, 3.05) is 17.9 Å². The van der Waals surface area contributed by atoms with Gasteiger partial charge in [0.2, 0.25) is 5.91 Å². The molecule has 5 N–H and O–H groups in total. The Morgan fingerprint density at radius 1 is 1.29 bits per heavy atom. The van der Waals surface area contributed by atoms with Crippen LogP contribution in [-0.4, -0.2) is 32.6 Å². The zero-order chi connectivity index (χ0) is 12.9. The van der Waals surface area contributed by atoms with Gasteiger partial charge < -0.3 is 10.8 Å². The summed E-state index contributed by atoms with van der Waals surface area (Å²) < 4.78 is 27.0. The predicted octanol–water partition coefficient (Wildman–Crippen LogP) is -0.976. The van der Waals surface area contributed by atoms with Gasteiger partial charge in [-0.2, -0.15) is 13.1 Å². The third kappa shape index (κ3) is 4.39. The molecule has 0 radical (unpaired) electrons.